The van der Waals surface area contributed by atoms with Crippen LogP contribution in [-0.2, 0) is 9.59 Å². The molecule has 196 valence electrons. The molecule has 1 aliphatic rings. The number of amides is 2. The number of hydrogen-bond donors (Lipinski definition) is 4. The van der Waals surface area contributed by atoms with Gasteiger partial charge in [0.1, 0.15) is 17.3 Å². The van der Waals surface area contributed by atoms with E-state index < -0.39 is 11.7 Å². The number of anilines is 2. The SMILES string of the molecule is CC(=O)Nc1cc(-c2ccc(O/C(C(=O)Nc3ccc(Cl)cc3)=C(/C=N)N3CCNCC3)cc2)ccc1F. The molecule has 1 aliphatic heterocycles. The molecule has 4 N–H and O–H groups in total. The first-order valence-corrected chi connectivity index (χ1v) is 12.3. The van der Waals surface area contributed by atoms with E-state index in [9.17, 15) is 14.0 Å². The molecule has 0 unspecified atom stereocenters. The first kappa shape index (κ1) is 26.8. The number of nitrogens with zero attached hydrogens (tertiary/aromatic N) is 1. The fraction of sp³-hybridized carbons (Fsp3) is 0.179. The van der Waals surface area contributed by atoms with Gasteiger partial charge in [0.2, 0.25) is 11.7 Å². The van der Waals surface area contributed by atoms with Gasteiger partial charge in [0, 0.05) is 50.0 Å². The topological polar surface area (TPSA) is 107 Å². The van der Waals surface area contributed by atoms with Crippen molar-refractivity contribution in [3.8, 4) is 16.9 Å². The number of hydrogen-bond acceptors (Lipinski definition) is 6. The molecule has 0 spiro atoms. The zero-order valence-corrected chi connectivity index (χ0v) is 21.4. The summed E-state index contributed by atoms with van der Waals surface area (Å²) in [6.45, 7) is 3.99. The number of allylic oxidation sites excluding steroid dienone is 1. The number of carbonyl (C=O) groups excluding carboxylic acids is 2. The second-order valence-electron chi connectivity index (χ2n) is 8.56. The highest BCUT2D eigenvalue weighted by molar-refractivity contribution is 6.30. The van der Waals surface area contributed by atoms with Crippen molar-refractivity contribution in [2.75, 3.05) is 36.8 Å². The molecule has 0 bridgehead atoms. The minimum atomic E-state index is -0.530. The van der Waals surface area contributed by atoms with Crippen molar-refractivity contribution >= 4 is 41.0 Å². The Morgan fingerprint density at radius 2 is 1.66 bits per heavy atom. The summed E-state index contributed by atoms with van der Waals surface area (Å²) in [5.74, 6) is -1.04. The van der Waals surface area contributed by atoms with Crippen molar-refractivity contribution in [2.24, 2.45) is 0 Å². The lowest BCUT2D eigenvalue weighted by atomic mass is 10.0. The van der Waals surface area contributed by atoms with E-state index in [1.54, 1.807) is 60.7 Å². The lowest BCUT2D eigenvalue weighted by Gasteiger charge is -2.30. The van der Waals surface area contributed by atoms with Gasteiger partial charge in [-0.05, 0) is 59.7 Å². The number of ether oxygens (including phenoxy) is 1. The average molecular weight is 536 g/mol. The smallest absolute Gasteiger partial charge is 0.293 e. The fourth-order valence-electron chi connectivity index (χ4n) is 3.97. The molecule has 2 amide bonds. The molecule has 38 heavy (non-hydrogen) atoms. The molecular formula is C28H27ClFN5O3. The van der Waals surface area contributed by atoms with Gasteiger partial charge in [-0.15, -0.1) is 0 Å². The van der Waals surface area contributed by atoms with E-state index in [1.807, 2.05) is 4.90 Å². The van der Waals surface area contributed by atoms with Crippen LogP contribution in [-0.4, -0.2) is 49.1 Å². The summed E-state index contributed by atoms with van der Waals surface area (Å²) in [7, 11) is 0. The van der Waals surface area contributed by atoms with E-state index in [2.05, 4.69) is 16.0 Å². The first-order valence-electron chi connectivity index (χ1n) is 12.0. The van der Waals surface area contributed by atoms with Crippen molar-refractivity contribution in [1.82, 2.24) is 10.2 Å². The van der Waals surface area contributed by atoms with Crippen LogP contribution in [0.2, 0.25) is 5.02 Å². The Balaban J connectivity index is 1.62. The molecule has 3 aromatic rings. The molecule has 1 heterocycles. The summed E-state index contributed by atoms with van der Waals surface area (Å²) < 4.78 is 20.1. The number of halogens is 2. The van der Waals surface area contributed by atoms with Gasteiger partial charge in [0.25, 0.3) is 5.91 Å². The molecule has 0 saturated carbocycles. The highest BCUT2D eigenvalue weighted by Crippen LogP contribution is 2.28. The summed E-state index contributed by atoms with van der Waals surface area (Å²) in [6, 6.07) is 18.1. The van der Waals surface area contributed by atoms with Gasteiger partial charge in [-0.25, -0.2) is 4.39 Å². The molecule has 4 rings (SSSR count). The molecule has 1 saturated heterocycles. The Hall–Kier alpha value is -4.21. The van der Waals surface area contributed by atoms with Crippen molar-refractivity contribution in [3.05, 3.63) is 89.0 Å². The van der Waals surface area contributed by atoms with E-state index in [0.717, 1.165) is 24.9 Å². The van der Waals surface area contributed by atoms with Gasteiger partial charge in [-0.3, -0.25) is 9.59 Å². The van der Waals surface area contributed by atoms with Crippen LogP contribution in [0.5, 0.6) is 5.75 Å². The van der Waals surface area contributed by atoms with Crippen molar-refractivity contribution in [3.63, 3.8) is 0 Å². The number of carbonyl (C=O) groups is 2. The zero-order chi connectivity index (χ0) is 27.1. The summed E-state index contributed by atoms with van der Waals surface area (Å²) in [6.07, 6.45) is 1.12. The van der Waals surface area contributed by atoms with Gasteiger partial charge >= 0.3 is 0 Å². The molecule has 0 aliphatic carbocycles. The van der Waals surface area contributed by atoms with Gasteiger partial charge < -0.3 is 31.0 Å². The molecular weight excluding hydrogens is 509 g/mol. The quantitative estimate of drug-likeness (QED) is 0.187. The Bertz CT molecular complexity index is 1350. The van der Waals surface area contributed by atoms with Crippen molar-refractivity contribution in [1.29, 1.82) is 5.41 Å². The first-order chi connectivity index (χ1) is 18.3. The Labute approximate surface area is 224 Å². The van der Waals surface area contributed by atoms with E-state index in [0.29, 0.717) is 40.8 Å². The largest absolute Gasteiger partial charge is 0.449 e. The van der Waals surface area contributed by atoms with Crippen LogP contribution in [0.25, 0.3) is 11.1 Å². The highest BCUT2D eigenvalue weighted by atomic mass is 35.5. The van der Waals surface area contributed by atoms with Crippen LogP contribution >= 0.6 is 11.6 Å². The molecule has 0 atom stereocenters. The Morgan fingerprint density at radius 3 is 2.29 bits per heavy atom. The number of nitrogens with one attached hydrogen (secondary N) is 4. The minimum Gasteiger partial charge on any atom is -0.449 e. The van der Waals surface area contributed by atoms with Crippen LogP contribution in [0.4, 0.5) is 15.8 Å². The number of piperazine rings is 1. The third kappa shape index (κ3) is 6.76. The lowest BCUT2D eigenvalue weighted by molar-refractivity contribution is -0.115. The van der Waals surface area contributed by atoms with E-state index in [4.69, 9.17) is 21.7 Å². The molecule has 0 aromatic heterocycles. The molecule has 10 heteroatoms. The van der Waals surface area contributed by atoms with E-state index in [1.165, 1.54) is 13.0 Å². The maximum Gasteiger partial charge on any atom is 0.293 e. The average Bonchev–Trinajstić information content (AvgIpc) is 2.92. The normalized spacial score (nSPS) is 13.8. The maximum absolute atomic E-state index is 14.1. The van der Waals surface area contributed by atoms with Crippen LogP contribution in [0.1, 0.15) is 6.92 Å². The summed E-state index contributed by atoms with van der Waals surface area (Å²) in [5.41, 5.74) is 2.44. The Morgan fingerprint density at radius 1 is 1.00 bits per heavy atom. The number of benzene rings is 3. The van der Waals surface area contributed by atoms with Crippen molar-refractivity contribution < 1.29 is 18.7 Å². The third-order valence-electron chi connectivity index (χ3n) is 5.82. The predicted octanol–water partition coefficient (Wildman–Crippen LogP) is 4.89. The summed E-state index contributed by atoms with van der Waals surface area (Å²) in [5, 5.41) is 17.1. The van der Waals surface area contributed by atoms with Gasteiger partial charge in [0.05, 0.1) is 5.69 Å². The maximum atomic E-state index is 14.1. The molecule has 0 radical (unpaired) electrons. The van der Waals surface area contributed by atoms with Gasteiger partial charge in [-0.1, -0.05) is 29.8 Å². The van der Waals surface area contributed by atoms with E-state index in [-0.39, 0.29) is 17.4 Å². The second-order valence-corrected chi connectivity index (χ2v) is 9.00. The van der Waals surface area contributed by atoms with Gasteiger partial charge in [0.15, 0.2) is 0 Å². The molecule has 1 fully saturated rings. The number of rotatable bonds is 8. The molecule has 3 aromatic carbocycles. The fourth-order valence-corrected chi connectivity index (χ4v) is 4.09. The standard InChI is InChI=1S/C28H27ClFN5O3/c1-18(36)33-25-16-20(4-11-24(25)30)19-2-9-23(10-3-19)38-27(26(17-31)35-14-12-32-13-15-35)28(37)34-22-7-5-21(29)6-8-22/h2-11,16-17,31-32H,12-15H2,1H3,(H,33,36)(H,34,37)/b27-26-,31-17?. The summed E-state index contributed by atoms with van der Waals surface area (Å²) in [4.78, 5) is 26.7. The summed E-state index contributed by atoms with van der Waals surface area (Å²) >= 11 is 5.96. The lowest BCUT2D eigenvalue weighted by Crippen LogP contribution is -2.44. The predicted molar refractivity (Wildman–Crippen MR) is 147 cm³/mol. The minimum absolute atomic E-state index is 0.0145. The van der Waals surface area contributed by atoms with Crippen LogP contribution in [0, 0.1) is 11.2 Å². The van der Waals surface area contributed by atoms with Crippen LogP contribution in [0.15, 0.2) is 78.2 Å². The van der Waals surface area contributed by atoms with Gasteiger partial charge in [-0.2, -0.15) is 0 Å². The van der Waals surface area contributed by atoms with Crippen LogP contribution < -0.4 is 20.7 Å². The monoisotopic (exact) mass is 535 g/mol. The second kappa shape index (κ2) is 12.4. The molecule has 8 nitrogen and oxygen atoms in total. The van der Waals surface area contributed by atoms with Crippen molar-refractivity contribution in [2.45, 2.75) is 6.92 Å². The zero-order valence-electron chi connectivity index (χ0n) is 20.7. The third-order valence-corrected chi connectivity index (χ3v) is 6.07. The van der Waals surface area contributed by atoms with E-state index >= 15 is 0 Å². The van der Waals surface area contributed by atoms with Crippen LogP contribution in [0.3, 0.4) is 0 Å². The highest BCUT2D eigenvalue weighted by Gasteiger charge is 2.23. The Kier molecular flexibility index (Phi) is 8.73.